The topological polar surface area (TPSA) is 32.8 Å². The van der Waals surface area contributed by atoms with Crippen molar-refractivity contribution in [2.75, 3.05) is 9.80 Å². The number of hydrogen-bond donors (Lipinski definition) is 0. The van der Waals surface area contributed by atoms with Crippen molar-refractivity contribution in [3.05, 3.63) is 364 Å². The highest BCUT2D eigenvalue weighted by Gasteiger charge is 2.26. The fourth-order valence-corrected chi connectivity index (χ4v) is 18.3. The van der Waals surface area contributed by atoms with E-state index in [1.165, 1.54) is 73.4 Å². The normalized spacial score (nSPS) is 11.8. The highest BCUT2D eigenvalue weighted by molar-refractivity contribution is 7.27. The number of hydrogen-bond acceptors (Lipinski definition) is 6. The Kier molecular flexibility index (Phi) is 14.0. The predicted molar refractivity (Wildman–Crippen MR) is 444 cm³/mol. The van der Waals surface area contributed by atoms with E-state index in [0.717, 1.165) is 133 Å². The summed E-state index contributed by atoms with van der Waals surface area (Å²) in [7, 11) is 0. The highest BCUT2D eigenvalue weighted by atomic mass is 32.1. The van der Waals surface area contributed by atoms with Gasteiger partial charge in [0, 0.05) is 91.2 Å². The second kappa shape index (κ2) is 24.3. The molecular weight excluding hydrogens is 1300 g/mol. The zero-order valence-corrected chi connectivity index (χ0v) is 57.8. The fraction of sp³-hybridized carbons (Fsp3) is 0. The lowest BCUT2D eigenvalue weighted by molar-refractivity contribution is 0.672. The van der Waals surface area contributed by atoms with E-state index in [4.69, 9.17) is 8.83 Å². The number of benzene rings is 17. The van der Waals surface area contributed by atoms with Gasteiger partial charge in [-0.3, -0.25) is 0 Å². The van der Waals surface area contributed by atoms with Crippen LogP contribution < -0.4 is 9.80 Å². The largest absolute Gasteiger partial charge is 0.455 e. The molecule has 0 N–H and O–H groups in total. The van der Waals surface area contributed by atoms with Gasteiger partial charge in [-0.05, 0) is 204 Å². The van der Waals surface area contributed by atoms with Crippen LogP contribution in [0.3, 0.4) is 0 Å². The summed E-state index contributed by atoms with van der Waals surface area (Å²) in [4.78, 5) is 4.81. The predicted octanol–water partition coefficient (Wildman–Crippen LogP) is 29.5. The van der Waals surface area contributed by atoms with Crippen LogP contribution in [0, 0.1) is 0 Å². The zero-order chi connectivity index (χ0) is 68.3. The Morgan fingerprint density at radius 3 is 1.25 bits per heavy atom. The van der Waals surface area contributed by atoms with Crippen LogP contribution in [0.15, 0.2) is 373 Å². The van der Waals surface area contributed by atoms with E-state index in [1.807, 2.05) is 22.7 Å². The van der Waals surface area contributed by atoms with E-state index in [2.05, 4.69) is 374 Å². The van der Waals surface area contributed by atoms with Crippen molar-refractivity contribution in [3.8, 4) is 66.8 Å². The molecule has 0 saturated heterocycles. The number of nitrogens with zero attached hydrogens (tertiary/aromatic N) is 2. The Hall–Kier alpha value is -13.1. The van der Waals surface area contributed by atoms with E-state index >= 15 is 0 Å². The number of rotatable bonds is 12. The minimum atomic E-state index is 0.867. The van der Waals surface area contributed by atoms with Crippen molar-refractivity contribution >= 4 is 163 Å². The number of para-hydroxylation sites is 1. The third-order valence-electron chi connectivity index (χ3n) is 21.0. The molecule has 0 aliphatic rings. The Labute approximate surface area is 607 Å². The average Bonchev–Trinajstić information content (AvgIpc) is 1.56. The minimum absolute atomic E-state index is 0.867. The number of furan rings is 2. The molecule has 0 unspecified atom stereocenters. The first-order valence-corrected chi connectivity index (χ1v) is 37.0. The first-order valence-electron chi connectivity index (χ1n) is 35.3. The fourth-order valence-electron chi connectivity index (χ4n) is 15.9. The lowest BCUT2D eigenvalue weighted by Crippen LogP contribution is -2.10. The molecule has 0 fully saturated rings. The standard InChI is InChI=1S/C98H60N2O2S2/c1-3-17-61(18-4-1)65-39-46-77(47-40-65)99(76-26-5-2-6-27-76)79-28-16-25-75(56-79)83-59-86-84-57-73(44-51-89(84)101-95(86)93-81-29-11-13-31-91(81)103-97(83)93)70-24-15-23-69(53-70)67-35-33-64(34-36-67)66-41-48-78(49-42-66)100(80-50-43-63-20-8-10-22-71(63)55-80)88-60-87-85-58-74(72-38-37-62-19-7-9-21-68(62)54-72)45-52-90(85)102-96(87)94-82-30-12-14-32-92(82)104-98(88)94/h1-60H. The van der Waals surface area contributed by atoms with Gasteiger partial charge in [0.2, 0.25) is 0 Å². The Bertz CT molecular complexity index is 6970. The molecule has 0 aliphatic carbocycles. The van der Waals surface area contributed by atoms with Crippen molar-refractivity contribution in [2.24, 2.45) is 0 Å². The van der Waals surface area contributed by atoms with E-state index in [9.17, 15) is 0 Å². The van der Waals surface area contributed by atoms with Crippen LogP contribution in [0.25, 0.3) is 173 Å². The molecule has 486 valence electrons. The molecule has 104 heavy (non-hydrogen) atoms. The molecular formula is C98H60N2O2S2. The van der Waals surface area contributed by atoms with Crippen LogP contribution in [0.2, 0.25) is 0 Å². The summed E-state index contributed by atoms with van der Waals surface area (Å²) in [6, 6.07) is 133. The zero-order valence-electron chi connectivity index (χ0n) is 56.2. The van der Waals surface area contributed by atoms with Crippen LogP contribution in [0.4, 0.5) is 34.1 Å². The first kappa shape index (κ1) is 59.7. The van der Waals surface area contributed by atoms with E-state index in [1.54, 1.807) is 0 Å². The average molecular weight is 1360 g/mol. The second-order valence-corrected chi connectivity index (χ2v) is 29.2. The van der Waals surface area contributed by atoms with Crippen molar-refractivity contribution in [1.29, 1.82) is 0 Å². The Morgan fingerprint density at radius 1 is 0.212 bits per heavy atom. The quantitative estimate of drug-likeness (QED) is 0.122. The minimum Gasteiger partial charge on any atom is -0.455 e. The van der Waals surface area contributed by atoms with Gasteiger partial charge in [-0.2, -0.15) is 0 Å². The molecule has 0 amide bonds. The molecule has 17 aromatic carbocycles. The molecule has 4 nitrogen and oxygen atoms in total. The van der Waals surface area contributed by atoms with Gasteiger partial charge in [0.15, 0.2) is 0 Å². The van der Waals surface area contributed by atoms with Crippen molar-refractivity contribution in [1.82, 2.24) is 0 Å². The molecule has 4 heterocycles. The van der Waals surface area contributed by atoms with E-state index in [-0.39, 0.29) is 0 Å². The first-order chi connectivity index (χ1) is 51.5. The van der Waals surface area contributed by atoms with Crippen molar-refractivity contribution in [2.45, 2.75) is 0 Å². The molecule has 6 heteroatoms. The maximum absolute atomic E-state index is 7.01. The molecule has 21 rings (SSSR count). The third-order valence-corrected chi connectivity index (χ3v) is 23.4. The van der Waals surface area contributed by atoms with Crippen LogP contribution in [0.5, 0.6) is 0 Å². The smallest absolute Gasteiger partial charge is 0.144 e. The lowest BCUT2D eigenvalue weighted by Gasteiger charge is -2.27. The third kappa shape index (κ3) is 10.1. The summed E-state index contributed by atoms with van der Waals surface area (Å²) >= 11 is 3.67. The molecule has 0 saturated carbocycles. The molecule has 0 bridgehead atoms. The van der Waals surface area contributed by atoms with Crippen LogP contribution in [-0.2, 0) is 0 Å². The maximum atomic E-state index is 7.01. The van der Waals surface area contributed by atoms with Gasteiger partial charge in [-0.1, -0.05) is 243 Å². The van der Waals surface area contributed by atoms with Crippen LogP contribution in [-0.4, -0.2) is 0 Å². The highest BCUT2D eigenvalue weighted by Crippen LogP contribution is 2.53. The summed E-state index contributed by atoms with van der Waals surface area (Å²) < 4.78 is 18.9. The summed E-state index contributed by atoms with van der Waals surface area (Å²) in [5.74, 6) is 0. The van der Waals surface area contributed by atoms with Gasteiger partial charge >= 0.3 is 0 Å². The molecule has 0 atom stereocenters. The monoisotopic (exact) mass is 1360 g/mol. The molecule has 0 aliphatic heterocycles. The molecule has 0 spiro atoms. The van der Waals surface area contributed by atoms with Gasteiger partial charge in [0.1, 0.15) is 22.3 Å². The van der Waals surface area contributed by atoms with Gasteiger partial charge in [-0.25, -0.2) is 0 Å². The van der Waals surface area contributed by atoms with E-state index < -0.39 is 0 Å². The van der Waals surface area contributed by atoms with Crippen molar-refractivity contribution < 1.29 is 8.83 Å². The molecule has 4 aromatic heterocycles. The van der Waals surface area contributed by atoms with Crippen LogP contribution in [0.1, 0.15) is 0 Å². The van der Waals surface area contributed by atoms with Gasteiger partial charge in [-0.15, -0.1) is 22.7 Å². The Morgan fingerprint density at radius 2 is 0.606 bits per heavy atom. The van der Waals surface area contributed by atoms with Gasteiger partial charge < -0.3 is 18.6 Å². The van der Waals surface area contributed by atoms with Crippen molar-refractivity contribution in [3.63, 3.8) is 0 Å². The summed E-state index contributed by atoms with van der Waals surface area (Å²) in [6.07, 6.45) is 0. The summed E-state index contributed by atoms with van der Waals surface area (Å²) in [5.41, 5.74) is 24.0. The summed E-state index contributed by atoms with van der Waals surface area (Å²) in [5, 5.41) is 13.9. The van der Waals surface area contributed by atoms with E-state index in [0.29, 0.717) is 0 Å². The van der Waals surface area contributed by atoms with Gasteiger partial charge in [0.25, 0.3) is 0 Å². The number of anilines is 6. The maximum Gasteiger partial charge on any atom is 0.144 e. The molecule has 0 radical (unpaired) electrons. The lowest BCUT2D eigenvalue weighted by atomic mass is 9.95. The Balaban J connectivity index is 0.623. The molecule has 21 aromatic rings. The second-order valence-electron chi connectivity index (χ2n) is 27.1. The number of fused-ring (bicyclic) bond motifs is 16. The summed E-state index contributed by atoms with van der Waals surface area (Å²) in [6.45, 7) is 0. The number of thiophene rings is 2. The van der Waals surface area contributed by atoms with Crippen LogP contribution >= 0.6 is 22.7 Å². The SMILES string of the molecule is c1ccc(-c2ccc(N(c3ccccc3)c3cccc(-c4cc5c6cc(-c7cccc(-c8ccc(-c9ccc(N(c%10ccc%11ccccc%11c%10)c%10cc%11c%12cc(-c%13ccc%14ccccc%14c%13)ccc%12oc%11c%11c%10sc%10ccccc%10%11)cc9)cc8)c7)ccc6oc5c5c4sc4ccccc45)c3)cc2)cc1. The van der Waals surface area contributed by atoms with Gasteiger partial charge in [0.05, 0.1) is 10.4 Å².